The second-order valence-corrected chi connectivity index (χ2v) is 7.55. The molecule has 2 aromatic carbocycles. The molecule has 2 aromatic rings. The van der Waals surface area contributed by atoms with E-state index in [0.29, 0.717) is 41.6 Å². The zero-order valence-electron chi connectivity index (χ0n) is 16.9. The quantitative estimate of drug-likeness (QED) is 0.710. The van der Waals surface area contributed by atoms with Crippen molar-refractivity contribution in [2.45, 2.75) is 32.8 Å². The third kappa shape index (κ3) is 5.81. The molecule has 1 fully saturated rings. The number of para-hydroxylation sites is 2. The summed E-state index contributed by atoms with van der Waals surface area (Å²) in [4.78, 5) is 25.5. The van der Waals surface area contributed by atoms with Crippen molar-refractivity contribution in [2.24, 2.45) is 5.92 Å². The molecule has 1 atom stereocenters. The van der Waals surface area contributed by atoms with Crippen LogP contribution in [-0.2, 0) is 4.74 Å². The Bertz CT molecular complexity index is 844. The van der Waals surface area contributed by atoms with Crippen molar-refractivity contribution < 1.29 is 19.1 Å². The molecule has 1 saturated heterocycles. The third-order valence-electron chi connectivity index (χ3n) is 4.64. The Kier molecular flexibility index (Phi) is 7.25. The highest BCUT2D eigenvalue weighted by Crippen LogP contribution is 2.22. The van der Waals surface area contributed by atoms with Crippen LogP contribution in [0.2, 0.25) is 0 Å². The predicted molar refractivity (Wildman–Crippen MR) is 112 cm³/mol. The van der Waals surface area contributed by atoms with Crippen LogP contribution >= 0.6 is 0 Å². The van der Waals surface area contributed by atoms with E-state index in [1.54, 1.807) is 42.5 Å². The molecule has 0 unspecified atom stereocenters. The van der Waals surface area contributed by atoms with E-state index >= 15 is 0 Å². The average Bonchev–Trinajstić information content (AvgIpc) is 3.24. The lowest BCUT2D eigenvalue weighted by Gasteiger charge is -2.15. The largest absolute Gasteiger partial charge is 0.492 e. The van der Waals surface area contributed by atoms with Crippen molar-refractivity contribution in [1.82, 2.24) is 5.32 Å². The van der Waals surface area contributed by atoms with E-state index in [2.05, 4.69) is 10.6 Å². The van der Waals surface area contributed by atoms with Crippen LogP contribution in [0.25, 0.3) is 0 Å². The van der Waals surface area contributed by atoms with Gasteiger partial charge in [0.2, 0.25) is 0 Å². The molecule has 0 spiro atoms. The lowest BCUT2D eigenvalue weighted by atomic mass is 10.1. The fourth-order valence-corrected chi connectivity index (χ4v) is 3.12. The number of carbonyl (C=O) groups is 2. The maximum absolute atomic E-state index is 12.9. The fraction of sp³-hybridized carbons (Fsp3) is 0.391. The summed E-state index contributed by atoms with van der Waals surface area (Å²) in [6, 6.07) is 14.1. The van der Waals surface area contributed by atoms with Crippen molar-refractivity contribution in [1.29, 1.82) is 0 Å². The molecule has 1 aliphatic rings. The monoisotopic (exact) mass is 396 g/mol. The molecule has 1 heterocycles. The van der Waals surface area contributed by atoms with Gasteiger partial charge in [-0.25, -0.2) is 0 Å². The SMILES string of the molecule is CC(C)COc1ccccc1C(=O)Nc1ccccc1C(=O)NC[C@@H]1CCCO1. The summed E-state index contributed by atoms with van der Waals surface area (Å²) in [6.45, 7) is 5.83. The molecule has 29 heavy (non-hydrogen) atoms. The molecule has 6 heteroatoms. The minimum absolute atomic E-state index is 0.0608. The van der Waals surface area contributed by atoms with Crippen LogP contribution in [0.5, 0.6) is 5.75 Å². The number of hydrogen-bond donors (Lipinski definition) is 2. The summed E-state index contributed by atoms with van der Waals surface area (Å²) in [5.41, 5.74) is 1.31. The first-order valence-electron chi connectivity index (χ1n) is 10.1. The molecular weight excluding hydrogens is 368 g/mol. The molecule has 0 aromatic heterocycles. The van der Waals surface area contributed by atoms with Gasteiger partial charge in [0.1, 0.15) is 5.75 Å². The number of amides is 2. The summed E-state index contributed by atoms with van der Waals surface area (Å²) in [5.74, 6) is 0.322. The summed E-state index contributed by atoms with van der Waals surface area (Å²) in [5, 5.41) is 5.75. The molecule has 0 aliphatic carbocycles. The van der Waals surface area contributed by atoms with Crippen molar-refractivity contribution in [2.75, 3.05) is 25.1 Å². The molecule has 154 valence electrons. The molecule has 6 nitrogen and oxygen atoms in total. The summed E-state index contributed by atoms with van der Waals surface area (Å²) < 4.78 is 11.3. The Balaban J connectivity index is 1.70. The van der Waals surface area contributed by atoms with Gasteiger partial charge in [-0.3, -0.25) is 9.59 Å². The number of rotatable bonds is 8. The summed E-state index contributed by atoms with van der Waals surface area (Å²) >= 11 is 0. The maximum Gasteiger partial charge on any atom is 0.259 e. The first kappa shape index (κ1) is 20.9. The number of carbonyl (C=O) groups excluding carboxylic acids is 2. The van der Waals surface area contributed by atoms with Crippen LogP contribution in [0.1, 0.15) is 47.4 Å². The van der Waals surface area contributed by atoms with E-state index in [1.165, 1.54) is 0 Å². The smallest absolute Gasteiger partial charge is 0.259 e. The van der Waals surface area contributed by atoms with Crippen LogP contribution in [0, 0.1) is 5.92 Å². The van der Waals surface area contributed by atoms with Gasteiger partial charge in [0.25, 0.3) is 11.8 Å². The van der Waals surface area contributed by atoms with E-state index in [-0.39, 0.29) is 17.9 Å². The minimum Gasteiger partial charge on any atom is -0.492 e. The van der Waals surface area contributed by atoms with E-state index in [4.69, 9.17) is 9.47 Å². The van der Waals surface area contributed by atoms with E-state index < -0.39 is 0 Å². The Morgan fingerprint density at radius 2 is 1.79 bits per heavy atom. The number of ether oxygens (including phenoxy) is 2. The topological polar surface area (TPSA) is 76.7 Å². The molecule has 2 amide bonds. The van der Waals surface area contributed by atoms with E-state index in [0.717, 1.165) is 19.4 Å². The Hall–Kier alpha value is -2.86. The summed E-state index contributed by atoms with van der Waals surface area (Å²) in [6.07, 6.45) is 2.03. The van der Waals surface area contributed by atoms with Crippen LogP contribution in [0.3, 0.4) is 0 Å². The van der Waals surface area contributed by atoms with Gasteiger partial charge in [-0.15, -0.1) is 0 Å². The molecule has 0 radical (unpaired) electrons. The number of anilines is 1. The maximum atomic E-state index is 12.9. The lowest BCUT2D eigenvalue weighted by molar-refractivity contribution is 0.0858. The Morgan fingerprint density at radius 1 is 1.07 bits per heavy atom. The fourth-order valence-electron chi connectivity index (χ4n) is 3.12. The molecule has 2 N–H and O–H groups in total. The molecule has 3 rings (SSSR count). The van der Waals surface area contributed by atoms with Gasteiger partial charge in [-0.1, -0.05) is 38.1 Å². The van der Waals surface area contributed by atoms with Crippen LogP contribution < -0.4 is 15.4 Å². The molecule has 0 bridgehead atoms. The standard InChI is InChI=1S/C23H28N2O4/c1-16(2)15-29-21-12-6-4-10-19(21)23(27)25-20-11-5-3-9-18(20)22(26)24-14-17-8-7-13-28-17/h3-6,9-12,16-17H,7-8,13-15H2,1-2H3,(H,24,26)(H,25,27)/t17-/m0/s1. The zero-order valence-corrected chi connectivity index (χ0v) is 16.9. The van der Waals surface area contributed by atoms with Gasteiger partial charge in [0.15, 0.2) is 0 Å². The highest BCUT2D eigenvalue weighted by molar-refractivity contribution is 6.10. The van der Waals surface area contributed by atoms with Gasteiger partial charge in [0.05, 0.1) is 29.5 Å². The van der Waals surface area contributed by atoms with Crippen molar-refractivity contribution >= 4 is 17.5 Å². The molecular formula is C23H28N2O4. The van der Waals surface area contributed by atoms with Crippen molar-refractivity contribution in [3.05, 3.63) is 59.7 Å². The van der Waals surface area contributed by atoms with E-state index in [1.807, 2.05) is 19.9 Å². The first-order chi connectivity index (χ1) is 14.0. The van der Waals surface area contributed by atoms with Crippen molar-refractivity contribution in [3.8, 4) is 5.75 Å². The van der Waals surface area contributed by atoms with Crippen LogP contribution in [0.15, 0.2) is 48.5 Å². The Labute approximate surface area is 171 Å². The van der Waals surface area contributed by atoms with Crippen molar-refractivity contribution in [3.63, 3.8) is 0 Å². The highest BCUT2D eigenvalue weighted by Gasteiger charge is 2.19. The number of benzene rings is 2. The van der Waals surface area contributed by atoms with E-state index in [9.17, 15) is 9.59 Å². The predicted octanol–water partition coefficient (Wildman–Crippen LogP) is 3.88. The first-order valence-corrected chi connectivity index (χ1v) is 10.1. The number of hydrogen-bond acceptors (Lipinski definition) is 4. The zero-order chi connectivity index (χ0) is 20.6. The normalized spacial score (nSPS) is 15.9. The average molecular weight is 396 g/mol. The highest BCUT2D eigenvalue weighted by atomic mass is 16.5. The van der Waals surface area contributed by atoms with Gasteiger partial charge in [-0.05, 0) is 43.0 Å². The third-order valence-corrected chi connectivity index (χ3v) is 4.64. The van der Waals surface area contributed by atoms with Gasteiger partial charge >= 0.3 is 0 Å². The molecule has 1 aliphatic heterocycles. The summed E-state index contributed by atoms with van der Waals surface area (Å²) in [7, 11) is 0. The lowest BCUT2D eigenvalue weighted by Crippen LogP contribution is -2.32. The second kappa shape index (κ2) is 10.1. The minimum atomic E-state index is -0.316. The van der Waals surface area contributed by atoms with Gasteiger partial charge < -0.3 is 20.1 Å². The molecule has 0 saturated carbocycles. The number of nitrogens with one attached hydrogen (secondary N) is 2. The van der Waals surface area contributed by atoms with Gasteiger partial charge in [0, 0.05) is 13.2 Å². The van der Waals surface area contributed by atoms with Gasteiger partial charge in [-0.2, -0.15) is 0 Å². The second-order valence-electron chi connectivity index (χ2n) is 7.55. The van der Waals surface area contributed by atoms with Crippen LogP contribution in [-0.4, -0.2) is 37.7 Å². The Morgan fingerprint density at radius 3 is 2.52 bits per heavy atom. The van der Waals surface area contributed by atoms with Crippen LogP contribution in [0.4, 0.5) is 5.69 Å².